The Labute approximate surface area is 181 Å². The van der Waals surface area contributed by atoms with E-state index < -0.39 is 12.5 Å². The zero-order valence-electron chi connectivity index (χ0n) is 17.0. The van der Waals surface area contributed by atoms with Gasteiger partial charge in [0.1, 0.15) is 19.2 Å². The Kier molecular flexibility index (Phi) is 7.46. The van der Waals surface area contributed by atoms with Gasteiger partial charge in [-0.25, -0.2) is 9.97 Å². The Hall–Kier alpha value is -4.28. The van der Waals surface area contributed by atoms with Gasteiger partial charge in [0, 0.05) is 12.6 Å². The van der Waals surface area contributed by atoms with Crippen LogP contribution in [0, 0.1) is 0 Å². The molecule has 0 aliphatic rings. The molecular formula is C21H18F2N4O5. The predicted molar refractivity (Wildman–Crippen MR) is 109 cm³/mol. The number of nitrogens with one attached hydrogen (secondary N) is 1. The van der Waals surface area contributed by atoms with Crippen LogP contribution in [0.25, 0.3) is 0 Å². The van der Waals surface area contributed by atoms with Crippen LogP contribution < -0.4 is 19.5 Å². The van der Waals surface area contributed by atoms with Gasteiger partial charge in [0.15, 0.2) is 17.2 Å². The molecule has 3 rings (SSSR count). The molecule has 1 amide bonds. The lowest BCUT2D eigenvalue weighted by molar-refractivity contribution is -0.114. The molecule has 0 aliphatic carbocycles. The quantitative estimate of drug-likeness (QED) is 0.396. The van der Waals surface area contributed by atoms with Crippen LogP contribution in [0.4, 0.5) is 8.78 Å². The number of hydrogen-bond donors (Lipinski definition) is 1. The van der Waals surface area contributed by atoms with Crippen molar-refractivity contribution in [2.24, 2.45) is 5.16 Å². The molecule has 3 aromatic rings. The summed E-state index contributed by atoms with van der Waals surface area (Å²) >= 11 is 0. The molecule has 0 spiro atoms. The number of carbonyl (C=O) groups is 1. The number of nitrogens with zero attached hydrogens (tertiary/aromatic N) is 3. The first kappa shape index (κ1) is 22.4. The zero-order chi connectivity index (χ0) is 22.9. The van der Waals surface area contributed by atoms with E-state index in [9.17, 15) is 13.6 Å². The number of benzene rings is 2. The molecule has 0 atom stereocenters. The van der Waals surface area contributed by atoms with Crippen LogP contribution in [0.1, 0.15) is 5.56 Å². The van der Waals surface area contributed by atoms with Crippen molar-refractivity contribution in [3.63, 3.8) is 0 Å². The molecule has 1 heterocycles. The Morgan fingerprint density at radius 3 is 2.41 bits per heavy atom. The van der Waals surface area contributed by atoms with Crippen LogP contribution in [0.2, 0.25) is 0 Å². The van der Waals surface area contributed by atoms with Gasteiger partial charge in [-0.3, -0.25) is 4.79 Å². The first-order valence-electron chi connectivity index (χ1n) is 9.15. The summed E-state index contributed by atoms with van der Waals surface area (Å²) in [6.07, 6.45) is 1.19. The summed E-state index contributed by atoms with van der Waals surface area (Å²) in [7, 11) is 2.80. The predicted octanol–water partition coefficient (Wildman–Crippen LogP) is 3.76. The lowest BCUT2D eigenvalue weighted by Crippen LogP contribution is -2.28. The number of likely N-dealkylation sites (N-methyl/N-ethyl adjacent to an activating group) is 1. The van der Waals surface area contributed by atoms with Gasteiger partial charge in [-0.15, -0.1) is 0 Å². The number of ether oxygens (including phenoxy) is 3. The second kappa shape index (κ2) is 10.7. The highest BCUT2D eigenvalue weighted by atomic mass is 19.3. The molecule has 0 radical (unpaired) electrons. The monoisotopic (exact) mass is 444 g/mol. The van der Waals surface area contributed by atoms with Gasteiger partial charge in [0.05, 0.1) is 6.07 Å². The number of carbonyl (C=O) groups excluding carboxylic acids is 1. The SMILES string of the molecule is CNC(=O)/C(=N/OC)c1cccc(Oc2cc(Oc3ccccc3OC(F)F)ncn2)c1. The van der Waals surface area contributed by atoms with E-state index in [0.29, 0.717) is 11.3 Å². The fraction of sp³-hybridized carbons (Fsp3) is 0.143. The van der Waals surface area contributed by atoms with Gasteiger partial charge in [-0.05, 0) is 24.3 Å². The fourth-order valence-corrected chi connectivity index (χ4v) is 2.54. The van der Waals surface area contributed by atoms with Crippen LogP contribution in [0.3, 0.4) is 0 Å². The number of oxime groups is 1. The largest absolute Gasteiger partial charge is 0.439 e. The first-order valence-corrected chi connectivity index (χ1v) is 9.15. The molecule has 11 heteroatoms. The van der Waals surface area contributed by atoms with E-state index in [1.165, 1.54) is 44.8 Å². The third-order valence-electron chi connectivity index (χ3n) is 3.85. The number of alkyl halides is 2. The molecular weight excluding hydrogens is 426 g/mol. The maximum atomic E-state index is 12.6. The van der Waals surface area contributed by atoms with Gasteiger partial charge in [0.2, 0.25) is 11.8 Å². The molecule has 166 valence electrons. The highest BCUT2D eigenvalue weighted by Crippen LogP contribution is 2.32. The Balaban J connectivity index is 1.80. The Morgan fingerprint density at radius 1 is 1.00 bits per heavy atom. The van der Waals surface area contributed by atoms with Gasteiger partial charge in [0.25, 0.3) is 5.91 Å². The normalized spacial score (nSPS) is 11.1. The molecule has 0 bridgehead atoms. The summed E-state index contributed by atoms with van der Waals surface area (Å²) in [6.45, 7) is -3.00. The topological polar surface area (TPSA) is 104 Å². The maximum absolute atomic E-state index is 12.6. The number of halogens is 2. The van der Waals surface area contributed by atoms with E-state index in [-0.39, 0.29) is 29.0 Å². The molecule has 9 nitrogen and oxygen atoms in total. The molecule has 0 saturated heterocycles. The molecule has 2 aromatic carbocycles. The molecule has 1 aromatic heterocycles. The first-order chi connectivity index (χ1) is 15.5. The third kappa shape index (κ3) is 5.88. The minimum absolute atomic E-state index is 0.0449. The van der Waals surface area contributed by atoms with Gasteiger partial charge in [-0.2, -0.15) is 8.78 Å². The lowest BCUT2D eigenvalue weighted by atomic mass is 10.1. The van der Waals surface area contributed by atoms with Crippen molar-refractivity contribution in [2.45, 2.75) is 6.61 Å². The zero-order valence-corrected chi connectivity index (χ0v) is 17.0. The highest BCUT2D eigenvalue weighted by Gasteiger charge is 2.15. The van der Waals surface area contributed by atoms with Crippen LogP contribution in [-0.2, 0) is 9.63 Å². The van der Waals surface area contributed by atoms with Crippen LogP contribution in [0.15, 0.2) is 66.1 Å². The molecule has 0 fully saturated rings. The van der Waals surface area contributed by atoms with Crippen molar-refractivity contribution in [1.29, 1.82) is 0 Å². The van der Waals surface area contributed by atoms with Crippen molar-refractivity contribution in [3.8, 4) is 29.0 Å². The number of amides is 1. The summed E-state index contributed by atoms with van der Waals surface area (Å²) in [5.41, 5.74) is 0.509. The van der Waals surface area contributed by atoms with Crippen LogP contribution in [-0.4, -0.2) is 42.4 Å². The summed E-state index contributed by atoms with van der Waals surface area (Å²) in [6, 6.07) is 13.8. The number of para-hydroxylation sites is 2. The Bertz CT molecular complexity index is 1110. The molecule has 0 unspecified atom stereocenters. The molecule has 32 heavy (non-hydrogen) atoms. The maximum Gasteiger partial charge on any atom is 0.387 e. The summed E-state index contributed by atoms with van der Waals surface area (Å²) in [5.74, 6) is -0.0263. The van der Waals surface area contributed by atoms with Crippen LogP contribution >= 0.6 is 0 Å². The average molecular weight is 444 g/mol. The van der Waals surface area contributed by atoms with E-state index in [1.54, 1.807) is 30.3 Å². The number of rotatable bonds is 9. The number of hydrogen-bond acceptors (Lipinski definition) is 8. The third-order valence-corrected chi connectivity index (χ3v) is 3.85. The summed E-state index contributed by atoms with van der Waals surface area (Å²) < 4.78 is 40.9. The molecule has 0 aliphatic heterocycles. The lowest BCUT2D eigenvalue weighted by Gasteiger charge is -2.12. The number of aromatic nitrogens is 2. The van der Waals surface area contributed by atoms with Gasteiger partial charge < -0.3 is 24.4 Å². The van der Waals surface area contributed by atoms with E-state index in [4.69, 9.17) is 14.3 Å². The van der Waals surface area contributed by atoms with Crippen LogP contribution in [0.5, 0.6) is 29.0 Å². The standard InChI is InChI=1S/C21H18F2N4O5/c1-24-20(28)19(27-29-2)13-6-5-7-14(10-13)30-17-11-18(26-12-25-17)31-15-8-3-4-9-16(15)32-21(22)23/h3-12,21H,1-2H3,(H,24,28)/b27-19+. The van der Waals surface area contributed by atoms with Gasteiger partial charge in [-0.1, -0.05) is 29.4 Å². The summed E-state index contributed by atoms with van der Waals surface area (Å²) in [5, 5.41) is 6.22. The van der Waals surface area contributed by atoms with Gasteiger partial charge >= 0.3 is 6.61 Å². The minimum atomic E-state index is -3.00. The second-order valence-electron chi connectivity index (χ2n) is 5.95. The highest BCUT2D eigenvalue weighted by molar-refractivity contribution is 6.45. The average Bonchev–Trinajstić information content (AvgIpc) is 2.78. The van der Waals surface area contributed by atoms with Crippen molar-refractivity contribution in [1.82, 2.24) is 15.3 Å². The van der Waals surface area contributed by atoms with Crippen molar-refractivity contribution in [3.05, 3.63) is 66.5 Å². The molecule has 0 saturated carbocycles. The minimum Gasteiger partial charge on any atom is -0.439 e. The van der Waals surface area contributed by atoms with E-state index in [0.717, 1.165) is 0 Å². The van der Waals surface area contributed by atoms with E-state index in [1.807, 2.05) is 0 Å². The smallest absolute Gasteiger partial charge is 0.387 e. The van der Waals surface area contributed by atoms with E-state index >= 15 is 0 Å². The van der Waals surface area contributed by atoms with Crippen molar-refractivity contribution in [2.75, 3.05) is 14.2 Å². The van der Waals surface area contributed by atoms with Crippen molar-refractivity contribution < 1.29 is 32.6 Å². The van der Waals surface area contributed by atoms with Crippen molar-refractivity contribution >= 4 is 11.6 Å². The second-order valence-corrected chi connectivity index (χ2v) is 5.95. The summed E-state index contributed by atoms with van der Waals surface area (Å²) in [4.78, 5) is 24.7. The Morgan fingerprint density at radius 2 is 1.72 bits per heavy atom. The molecule has 1 N–H and O–H groups in total. The fourth-order valence-electron chi connectivity index (χ4n) is 2.54. The van der Waals surface area contributed by atoms with E-state index in [2.05, 4.69) is 25.2 Å².